The molecule has 0 fully saturated rings. The number of rotatable bonds is 6. The SMILES string of the molecule is O=C(Cn1ncc(OCc2ccccc2)cc1=O)c1ccc2c(c1)CN(C(=O)C(F)(F)F)C2. The van der Waals surface area contributed by atoms with Crippen molar-refractivity contribution in [1.82, 2.24) is 14.7 Å². The molecule has 0 saturated heterocycles. The topological polar surface area (TPSA) is 81.5 Å². The van der Waals surface area contributed by atoms with Crippen molar-refractivity contribution in [1.29, 1.82) is 0 Å². The Balaban J connectivity index is 1.41. The minimum Gasteiger partial charge on any atom is -0.487 e. The highest BCUT2D eigenvalue weighted by Crippen LogP contribution is 2.28. The average molecular weight is 457 g/mol. The highest BCUT2D eigenvalue weighted by Gasteiger charge is 2.44. The van der Waals surface area contributed by atoms with Gasteiger partial charge in [-0.15, -0.1) is 0 Å². The maximum atomic E-state index is 12.7. The van der Waals surface area contributed by atoms with Crippen molar-refractivity contribution < 1.29 is 27.5 Å². The summed E-state index contributed by atoms with van der Waals surface area (Å²) in [5, 5.41) is 3.97. The zero-order valence-corrected chi connectivity index (χ0v) is 17.2. The smallest absolute Gasteiger partial charge is 0.471 e. The zero-order valence-electron chi connectivity index (χ0n) is 17.2. The summed E-state index contributed by atoms with van der Waals surface area (Å²) in [6.07, 6.45) is -3.62. The molecular formula is C23H18F3N3O4. The van der Waals surface area contributed by atoms with Gasteiger partial charge in [0.1, 0.15) is 18.9 Å². The van der Waals surface area contributed by atoms with Crippen LogP contribution >= 0.6 is 0 Å². The van der Waals surface area contributed by atoms with Gasteiger partial charge in [-0.3, -0.25) is 14.4 Å². The van der Waals surface area contributed by atoms with Gasteiger partial charge in [-0.1, -0.05) is 42.5 Å². The van der Waals surface area contributed by atoms with Gasteiger partial charge in [-0.05, 0) is 22.8 Å². The number of Topliss-reactive ketones (excluding diaryl/α,β-unsaturated/α-hetero) is 1. The number of ether oxygens (including phenoxy) is 1. The van der Waals surface area contributed by atoms with E-state index in [1.165, 1.54) is 30.5 Å². The molecule has 33 heavy (non-hydrogen) atoms. The summed E-state index contributed by atoms with van der Waals surface area (Å²) in [6, 6.07) is 15.0. The third-order valence-corrected chi connectivity index (χ3v) is 5.17. The molecule has 2 aromatic carbocycles. The van der Waals surface area contributed by atoms with Gasteiger partial charge in [0.2, 0.25) is 0 Å². The van der Waals surface area contributed by atoms with E-state index in [1.54, 1.807) is 0 Å². The number of aromatic nitrogens is 2. The lowest BCUT2D eigenvalue weighted by molar-refractivity contribution is -0.186. The molecule has 0 atom stereocenters. The predicted molar refractivity (Wildman–Crippen MR) is 110 cm³/mol. The molecule has 0 N–H and O–H groups in total. The largest absolute Gasteiger partial charge is 0.487 e. The molecule has 0 saturated carbocycles. The number of benzene rings is 2. The van der Waals surface area contributed by atoms with Crippen molar-refractivity contribution in [2.45, 2.75) is 32.4 Å². The number of halogens is 3. The Hall–Kier alpha value is -3.95. The molecular weight excluding hydrogens is 439 g/mol. The number of carbonyl (C=O) groups is 2. The Kier molecular flexibility index (Phi) is 5.99. The van der Waals surface area contributed by atoms with Crippen molar-refractivity contribution in [2.75, 3.05) is 0 Å². The summed E-state index contributed by atoms with van der Waals surface area (Å²) >= 11 is 0. The second kappa shape index (κ2) is 8.89. The monoisotopic (exact) mass is 457 g/mol. The van der Waals surface area contributed by atoms with E-state index in [0.717, 1.165) is 10.2 Å². The van der Waals surface area contributed by atoms with Crippen LogP contribution in [0, 0.1) is 0 Å². The van der Waals surface area contributed by atoms with E-state index in [-0.39, 0.29) is 37.6 Å². The van der Waals surface area contributed by atoms with Crippen molar-refractivity contribution in [3.63, 3.8) is 0 Å². The first kappa shape index (κ1) is 22.3. The van der Waals surface area contributed by atoms with Gasteiger partial charge in [0, 0.05) is 24.7 Å². The highest BCUT2D eigenvalue weighted by molar-refractivity contribution is 5.96. The van der Waals surface area contributed by atoms with Gasteiger partial charge in [-0.25, -0.2) is 4.68 Å². The molecule has 1 aliphatic heterocycles. The minimum absolute atomic E-state index is 0.173. The van der Waals surface area contributed by atoms with Crippen LogP contribution in [0.3, 0.4) is 0 Å². The fourth-order valence-electron chi connectivity index (χ4n) is 3.47. The molecule has 1 amide bonds. The van der Waals surface area contributed by atoms with Gasteiger partial charge >= 0.3 is 12.1 Å². The van der Waals surface area contributed by atoms with Gasteiger partial charge < -0.3 is 9.64 Å². The van der Waals surface area contributed by atoms with E-state index >= 15 is 0 Å². The Morgan fingerprint density at radius 3 is 2.42 bits per heavy atom. The third kappa shape index (κ3) is 5.11. The molecule has 0 radical (unpaired) electrons. The number of fused-ring (bicyclic) bond motifs is 1. The van der Waals surface area contributed by atoms with Crippen molar-refractivity contribution in [3.05, 3.63) is 93.4 Å². The van der Waals surface area contributed by atoms with E-state index in [4.69, 9.17) is 4.74 Å². The fraction of sp³-hybridized carbons (Fsp3) is 0.217. The second-order valence-electron chi connectivity index (χ2n) is 7.53. The van der Waals surface area contributed by atoms with Gasteiger partial charge in [0.15, 0.2) is 5.78 Å². The van der Waals surface area contributed by atoms with Crippen molar-refractivity contribution in [2.24, 2.45) is 0 Å². The minimum atomic E-state index is -4.95. The van der Waals surface area contributed by atoms with Crippen LogP contribution in [0.25, 0.3) is 0 Å². The lowest BCUT2D eigenvalue weighted by Gasteiger charge is -2.16. The Morgan fingerprint density at radius 2 is 1.73 bits per heavy atom. The summed E-state index contributed by atoms with van der Waals surface area (Å²) in [5.41, 5.74) is 1.61. The summed E-state index contributed by atoms with van der Waals surface area (Å²) < 4.78 is 44.6. The zero-order chi connectivity index (χ0) is 23.6. The molecule has 2 heterocycles. The van der Waals surface area contributed by atoms with Crippen molar-refractivity contribution in [3.8, 4) is 5.75 Å². The Morgan fingerprint density at radius 1 is 1.00 bits per heavy atom. The number of hydrogen-bond acceptors (Lipinski definition) is 5. The Bertz CT molecular complexity index is 1260. The van der Waals surface area contributed by atoms with Crippen LogP contribution in [-0.4, -0.2) is 32.5 Å². The molecule has 0 unspecified atom stereocenters. The first-order valence-corrected chi connectivity index (χ1v) is 9.96. The van der Waals surface area contributed by atoms with E-state index in [1.807, 2.05) is 30.3 Å². The van der Waals surface area contributed by atoms with E-state index in [9.17, 15) is 27.6 Å². The highest BCUT2D eigenvalue weighted by atomic mass is 19.4. The second-order valence-corrected chi connectivity index (χ2v) is 7.53. The maximum absolute atomic E-state index is 12.7. The summed E-state index contributed by atoms with van der Waals surface area (Å²) in [7, 11) is 0. The van der Waals surface area contributed by atoms with E-state index in [0.29, 0.717) is 16.0 Å². The van der Waals surface area contributed by atoms with Gasteiger partial charge in [0.05, 0.1) is 6.20 Å². The van der Waals surface area contributed by atoms with Crippen LogP contribution in [0.4, 0.5) is 13.2 Å². The molecule has 3 aromatic rings. The lowest BCUT2D eigenvalue weighted by Crippen LogP contribution is -2.37. The van der Waals surface area contributed by atoms with Crippen molar-refractivity contribution >= 4 is 11.7 Å². The van der Waals surface area contributed by atoms with Crippen LogP contribution in [0.1, 0.15) is 27.0 Å². The van der Waals surface area contributed by atoms with Gasteiger partial charge in [0.25, 0.3) is 5.56 Å². The molecule has 0 spiro atoms. The molecule has 1 aromatic heterocycles. The fourth-order valence-corrected chi connectivity index (χ4v) is 3.47. The quantitative estimate of drug-likeness (QED) is 0.532. The molecule has 4 rings (SSSR count). The molecule has 0 bridgehead atoms. The summed E-state index contributed by atoms with van der Waals surface area (Å²) in [4.78, 5) is 37.1. The molecule has 7 nitrogen and oxygen atoms in total. The number of alkyl halides is 3. The number of hydrogen-bond donors (Lipinski definition) is 0. The normalized spacial score (nSPS) is 13.0. The number of ketones is 1. The maximum Gasteiger partial charge on any atom is 0.471 e. The van der Waals surface area contributed by atoms with Crippen LogP contribution in [0.15, 0.2) is 65.6 Å². The first-order chi connectivity index (χ1) is 15.7. The third-order valence-electron chi connectivity index (χ3n) is 5.17. The molecule has 10 heteroatoms. The van der Waals surface area contributed by atoms with Crippen LogP contribution in [0.2, 0.25) is 0 Å². The summed E-state index contributed by atoms with van der Waals surface area (Å²) in [6.45, 7) is -0.496. The standard InChI is InChI=1S/C23H18F3N3O4/c24-23(25,26)22(32)28-11-17-7-6-16(8-18(17)12-28)20(30)13-29-21(31)9-19(10-27-29)33-14-15-4-2-1-3-5-15/h1-10H,11-14H2. The lowest BCUT2D eigenvalue weighted by atomic mass is 10.0. The number of nitrogens with zero attached hydrogens (tertiary/aromatic N) is 3. The van der Waals surface area contributed by atoms with Crippen LogP contribution in [0.5, 0.6) is 5.75 Å². The average Bonchev–Trinajstić information content (AvgIpc) is 3.22. The Labute approximate surface area is 186 Å². The number of carbonyl (C=O) groups excluding carboxylic acids is 2. The van der Waals surface area contributed by atoms with Crippen LogP contribution < -0.4 is 10.3 Å². The van der Waals surface area contributed by atoms with Crippen LogP contribution in [-0.2, 0) is 31.0 Å². The molecule has 170 valence electrons. The predicted octanol–water partition coefficient (Wildman–Crippen LogP) is 3.11. The number of amides is 1. The van der Waals surface area contributed by atoms with E-state index < -0.39 is 23.4 Å². The van der Waals surface area contributed by atoms with Gasteiger partial charge in [-0.2, -0.15) is 18.3 Å². The molecule has 1 aliphatic rings. The first-order valence-electron chi connectivity index (χ1n) is 9.96. The summed E-state index contributed by atoms with van der Waals surface area (Å²) in [5.74, 6) is -2.10. The molecule has 0 aliphatic carbocycles. The van der Waals surface area contributed by atoms with E-state index in [2.05, 4.69) is 5.10 Å².